The van der Waals surface area contributed by atoms with Gasteiger partial charge in [0, 0.05) is 11.0 Å². The Balaban J connectivity index is 1.49. The predicted octanol–water partition coefficient (Wildman–Crippen LogP) is 3.97. The molecule has 0 radical (unpaired) electrons. The molecule has 2 atom stereocenters. The zero-order valence-corrected chi connectivity index (χ0v) is 14.5. The number of carbonyl (C=O) groups is 1. The highest BCUT2D eigenvalue weighted by molar-refractivity contribution is 6.02. The number of phenols is 1. The van der Waals surface area contributed by atoms with Gasteiger partial charge in [-0.1, -0.05) is 67.6 Å². The lowest BCUT2D eigenvalue weighted by Crippen LogP contribution is -2.23. The van der Waals surface area contributed by atoms with Crippen molar-refractivity contribution in [2.45, 2.75) is 18.8 Å². The smallest absolute Gasteiger partial charge is 0.244 e. The molecule has 4 nitrogen and oxygen atoms in total. The van der Waals surface area contributed by atoms with Gasteiger partial charge in [0.2, 0.25) is 5.91 Å². The average Bonchev–Trinajstić information content (AvgIpc) is 3.37. The van der Waals surface area contributed by atoms with Crippen molar-refractivity contribution in [3.8, 4) is 5.75 Å². The minimum Gasteiger partial charge on any atom is -0.507 e. The molecule has 1 amide bonds. The van der Waals surface area contributed by atoms with Gasteiger partial charge in [0.25, 0.3) is 0 Å². The van der Waals surface area contributed by atoms with Crippen LogP contribution < -0.4 is 5.43 Å². The number of amides is 1. The van der Waals surface area contributed by atoms with Crippen LogP contribution in [-0.2, 0) is 10.2 Å². The van der Waals surface area contributed by atoms with Gasteiger partial charge in [-0.05, 0) is 28.8 Å². The molecule has 1 saturated carbocycles. The Kier molecular flexibility index (Phi) is 3.96. The first-order valence-corrected chi connectivity index (χ1v) is 8.69. The summed E-state index contributed by atoms with van der Waals surface area (Å²) in [4.78, 5) is 12.4. The van der Waals surface area contributed by atoms with E-state index in [-0.39, 0.29) is 23.0 Å². The maximum atomic E-state index is 12.4. The standard InChI is InChI=1S/C22H20N2O2/c1-22(16-8-3-2-4-9-16)13-19(22)21(26)24-23-14-18-17-10-6-5-7-15(17)11-12-20(18)25/h2-12,14,19,25H,13H2,1H3,(H,24,26)/b23-14+/t19-,22-/m0/s1. The summed E-state index contributed by atoms with van der Waals surface area (Å²) >= 11 is 0. The van der Waals surface area contributed by atoms with Crippen molar-refractivity contribution in [2.24, 2.45) is 11.0 Å². The molecular formula is C22H20N2O2. The third-order valence-electron chi connectivity index (χ3n) is 5.30. The van der Waals surface area contributed by atoms with E-state index in [1.807, 2.05) is 48.5 Å². The molecule has 0 unspecified atom stereocenters. The van der Waals surface area contributed by atoms with E-state index in [1.165, 1.54) is 11.8 Å². The molecule has 3 aromatic carbocycles. The van der Waals surface area contributed by atoms with Crippen molar-refractivity contribution in [3.63, 3.8) is 0 Å². The number of nitrogens with one attached hydrogen (secondary N) is 1. The Hall–Kier alpha value is -3.14. The van der Waals surface area contributed by atoms with E-state index in [0.29, 0.717) is 5.56 Å². The summed E-state index contributed by atoms with van der Waals surface area (Å²) in [5, 5.41) is 16.1. The van der Waals surface area contributed by atoms with Crippen molar-refractivity contribution in [1.29, 1.82) is 0 Å². The topological polar surface area (TPSA) is 61.7 Å². The van der Waals surface area contributed by atoms with E-state index < -0.39 is 0 Å². The second-order valence-electron chi connectivity index (χ2n) is 6.99. The molecule has 4 rings (SSSR count). The number of fused-ring (bicyclic) bond motifs is 1. The minimum atomic E-state index is -0.123. The molecule has 0 heterocycles. The second kappa shape index (κ2) is 6.30. The molecule has 0 bridgehead atoms. The van der Waals surface area contributed by atoms with Crippen molar-refractivity contribution in [1.82, 2.24) is 5.43 Å². The molecule has 1 aliphatic rings. The van der Waals surface area contributed by atoms with Crippen LogP contribution in [0.25, 0.3) is 10.8 Å². The van der Waals surface area contributed by atoms with Crippen LogP contribution >= 0.6 is 0 Å². The van der Waals surface area contributed by atoms with E-state index in [1.54, 1.807) is 6.07 Å². The number of hydrogen-bond acceptors (Lipinski definition) is 3. The largest absolute Gasteiger partial charge is 0.507 e. The van der Waals surface area contributed by atoms with Gasteiger partial charge in [-0.2, -0.15) is 5.10 Å². The highest BCUT2D eigenvalue weighted by Gasteiger charge is 2.55. The van der Waals surface area contributed by atoms with E-state index in [9.17, 15) is 9.90 Å². The van der Waals surface area contributed by atoms with Crippen LogP contribution in [0.1, 0.15) is 24.5 Å². The SMILES string of the molecule is C[C@@]1(c2ccccc2)C[C@H]1C(=O)N/N=C/c1c(O)ccc2ccccc12. The van der Waals surface area contributed by atoms with Gasteiger partial charge >= 0.3 is 0 Å². The Bertz CT molecular complexity index is 997. The van der Waals surface area contributed by atoms with Gasteiger partial charge in [-0.25, -0.2) is 5.43 Å². The number of aromatic hydroxyl groups is 1. The van der Waals surface area contributed by atoms with Gasteiger partial charge in [-0.3, -0.25) is 4.79 Å². The van der Waals surface area contributed by atoms with Crippen LogP contribution in [0.3, 0.4) is 0 Å². The summed E-state index contributed by atoms with van der Waals surface area (Å²) in [7, 11) is 0. The fraction of sp³-hybridized carbons (Fsp3) is 0.182. The van der Waals surface area contributed by atoms with Crippen molar-refractivity contribution >= 4 is 22.9 Å². The molecule has 1 fully saturated rings. The molecule has 3 aromatic rings. The molecular weight excluding hydrogens is 324 g/mol. The van der Waals surface area contributed by atoms with Crippen LogP contribution in [0.2, 0.25) is 0 Å². The third kappa shape index (κ3) is 2.84. The van der Waals surface area contributed by atoms with Crippen LogP contribution in [-0.4, -0.2) is 17.2 Å². The van der Waals surface area contributed by atoms with Crippen molar-refractivity contribution in [3.05, 3.63) is 77.9 Å². The fourth-order valence-electron chi connectivity index (χ4n) is 3.54. The molecule has 0 saturated heterocycles. The summed E-state index contributed by atoms with van der Waals surface area (Å²) in [5.74, 6) is -0.0299. The normalized spacial score (nSPS) is 21.8. The lowest BCUT2D eigenvalue weighted by Gasteiger charge is -2.10. The predicted molar refractivity (Wildman–Crippen MR) is 103 cm³/mol. The summed E-state index contributed by atoms with van der Waals surface area (Å²) in [6.07, 6.45) is 2.33. The first-order valence-electron chi connectivity index (χ1n) is 8.69. The molecule has 0 aromatic heterocycles. The third-order valence-corrected chi connectivity index (χ3v) is 5.30. The number of nitrogens with zero attached hydrogens (tertiary/aromatic N) is 1. The first-order chi connectivity index (χ1) is 12.6. The highest BCUT2D eigenvalue weighted by Crippen LogP contribution is 2.53. The van der Waals surface area contributed by atoms with Crippen LogP contribution in [0.4, 0.5) is 0 Å². The fourth-order valence-corrected chi connectivity index (χ4v) is 3.54. The summed E-state index contributed by atoms with van der Waals surface area (Å²) in [6.45, 7) is 2.10. The molecule has 1 aliphatic carbocycles. The Labute approximate surface area is 152 Å². The molecule has 130 valence electrons. The highest BCUT2D eigenvalue weighted by atomic mass is 16.3. The molecule has 0 spiro atoms. The zero-order chi connectivity index (χ0) is 18.1. The lowest BCUT2D eigenvalue weighted by molar-refractivity contribution is -0.122. The summed E-state index contributed by atoms with van der Waals surface area (Å²) in [5.41, 5.74) is 4.29. The minimum absolute atomic E-state index is 0.0804. The monoisotopic (exact) mass is 344 g/mol. The zero-order valence-electron chi connectivity index (χ0n) is 14.5. The maximum Gasteiger partial charge on any atom is 0.244 e. The quantitative estimate of drug-likeness (QED) is 0.556. The van der Waals surface area contributed by atoms with Crippen LogP contribution in [0.5, 0.6) is 5.75 Å². The first kappa shape index (κ1) is 16.3. The number of hydrazone groups is 1. The summed E-state index contributed by atoms with van der Waals surface area (Å²) < 4.78 is 0. The van der Waals surface area contributed by atoms with Gasteiger partial charge in [0.15, 0.2) is 0 Å². The molecule has 0 aliphatic heterocycles. The number of benzene rings is 3. The molecule has 2 N–H and O–H groups in total. The number of phenolic OH excluding ortho intramolecular Hbond substituents is 1. The number of rotatable bonds is 4. The van der Waals surface area contributed by atoms with Gasteiger partial charge < -0.3 is 5.11 Å². The van der Waals surface area contributed by atoms with Crippen molar-refractivity contribution in [2.75, 3.05) is 0 Å². The number of hydrogen-bond donors (Lipinski definition) is 2. The Morgan fingerprint density at radius 2 is 1.85 bits per heavy atom. The van der Waals surface area contributed by atoms with Gasteiger partial charge in [0.05, 0.1) is 12.1 Å². The van der Waals surface area contributed by atoms with Crippen LogP contribution in [0, 0.1) is 5.92 Å². The van der Waals surface area contributed by atoms with E-state index in [4.69, 9.17) is 0 Å². The van der Waals surface area contributed by atoms with Crippen molar-refractivity contribution < 1.29 is 9.90 Å². The molecule has 26 heavy (non-hydrogen) atoms. The van der Waals surface area contributed by atoms with Gasteiger partial charge in [-0.15, -0.1) is 0 Å². The van der Waals surface area contributed by atoms with E-state index >= 15 is 0 Å². The Morgan fingerprint density at radius 3 is 2.65 bits per heavy atom. The van der Waals surface area contributed by atoms with Crippen LogP contribution in [0.15, 0.2) is 71.8 Å². The molecule has 4 heteroatoms. The summed E-state index contributed by atoms with van der Waals surface area (Å²) in [6, 6.07) is 21.3. The number of carbonyl (C=O) groups excluding carboxylic acids is 1. The maximum absolute atomic E-state index is 12.4. The van der Waals surface area contributed by atoms with E-state index in [0.717, 1.165) is 17.2 Å². The Morgan fingerprint density at radius 1 is 1.12 bits per heavy atom. The second-order valence-corrected chi connectivity index (χ2v) is 6.99. The van der Waals surface area contributed by atoms with Gasteiger partial charge in [0.1, 0.15) is 5.75 Å². The van der Waals surface area contributed by atoms with E-state index in [2.05, 4.69) is 29.6 Å². The lowest BCUT2D eigenvalue weighted by atomic mass is 9.95. The average molecular weight is 344 g/mol.